The van der Waals surface area contributed by atoms with Crippen molar-refractivity contribution in [3.8, 4) is 0 Å². The summed E-state index contributed by atoms with van der Waals surface area (Å²) in [5.41, 5.74) is 2.32. The lowest BCUT2D eigenvalue weighted by molar-refractivity contribution is 0.225. The molecule has 96 valence electrons. The fraction of sp³-hybridized carbons (Fsp3) is 0.769. The molecular weight excluding hydrogens is 212 g/mol. The molecule has 1 saturated heterocycles. The molecule has 1 aromatic rings. The Hall–Kier alpha value is -0.870. The van der Waals surface area contributed by atoms with E-state index in [-0.39, 0.29) is 0 Å². The maximum atomic E-state index is 4.27. The first-order valence-corrected chi connectivity index (χ1v) is 6.78. The summed E-state index contributed by atoms with van der Waals surface area (Å²) in [5.74, 6) is 0. The Balaban J connectivity index is 1.53. The summed E-state index contributed by atoms with van der Waals surface area (Å²) in [6.07, 6.45) is 7.20. The Labute approximate surface area is 104 Å². The molecule has 4 nitrogen and oxygen atoms in total. The van der Waals surface area contributed by atoms with Crippen LogP contribution < -0.4 is 5.32 Å². The second kappa shape index (κ2) is 6.77. The number of aromatic amines is 1. The fourth-order valence-electron chi connectivity index (χ4n) is 2.38. The number of nitrogens with zero attached hydrogens (tertiary/aromatic N) is 2. The van der Waals surface area contributed by atoms with Gasteiger partial charge in [0.1, 0.15) is 0 Å². The van der Waals surface area contributed by atoms with Gasteiger partial charge in [0.15, 0.2) is 0 Å². The van der Waals surface area contributed by atoms with Crippen LogP contribution in [0.25, 0.3) is 0 Å². The number of nitrogens with one attached hydrogen (secondary N) is 2. The molecule has 2 N–H and O–H groups in total. The molecule has 17 heavy (non-hydrogen) atoms. The van der Waals surface area contributed by atoms with E-state index in [0.717, 1.165) is 18.8 Å². The molecule has 1 aliphatic heterocycles. The molecule has 0 atom stereocenters. The Morgan fingerprint density at radius 2 is 2.18 bits per heavy atom. The standard InChI is InChI=1S/C13H24N4/c1-12-13(16-11-15-12)10-14-6-5-9-17-7-3-2-4-8-17/h11,14H,2-10H2,1H3,(H,15,16). The largest absolute Gasteiger partial charge is 0.348 e. The van der Waals surface area contributed by atoms with Gasteiger partial charge in [-0.15, -0.1) is 0 Å². The zero-order valence-electron chi connectivity index (χ0n) is 10.8. The van der Waals surface area contributed by atoms with Gasteiger partial charge in [0.2, 0.25) is 0 Å². The number of aromatic nitrogens is 2. The van der Waals surface area contributed by atoms with Gasteiger partial charge >= 0.3 is 0 Å². The molecule has 2 rings (SSSR count). The van der Waals surface area contributed by atoms with Gasteiger partial charge in [0, 0.05) is 12.2 Å². The summed E-state index contributed by atoms with van der Waals surface area (Å²) in [7, 11) is 0. The van der Waals surface area contributed by atoms with Crippen LogP contribution in [0.5, 0.6) is 0 Å². The van der Waals surface area contributed by atoms with Crippen molar-refractivity contribution < 1.29 is 0 Å². The van der Waals surface area contributed by atoms with Gasteiger partial charge in [-0.25, -0.2) is 4.98 Å². The van der Waals surface area contributed by atoms with E-state index in [1.54, 1.807) is 6.33 Å². The molecule has 0 bridgehead atoms. The van der Waals surface area contributed by atoms with E-state index in [4.69, 9.17) is 0 Å². The first-order chi connectivity index (χ1) is 8.36. The third-order valence-electron chi connectivity index (χ3n) is 3.50. The average molecular weight is 236 g/mol. The zero-order valence-corrected chi connectivity index (χ0v) is 10.8. The molecule has 0 unspecified atom stereocenters. The van der Waals surface area contributed by atoms with E-state index in [2.05, 4.69) is 27.1 Å². The average Bonchev–Trinajstić information content (AvgIpc) is 2.76. The Morgan fingerprint density at radius 3 is 2.88 bits per heavy atom. The summed E-state index contributed by atoms with van der Waals surface area (Å²) >= 11 is 0. The van der Waals surface area contributed by atoms with Gasteiger partial charge in [0.25, 0.3) is 0 Å². The Morgan fingerprint density at radius 1 is 1.35 bits per heavy atom. The molecule has 1 aromatic heterocycles. The minimum absolute atomic E-state index is 0.884. The van der Waals surface area contributed by atoms with E-state index in [1.807, 2.05) is 0 Å². The van der Waals surface area contributed by atoms with Crippen molar-refractivity contribution in [2.45, 2.75) is 39.2 Å². The highest BCUT2D eigenvalue weighted by Crippen LogP contribution is 2.08. The number of hydrogen-bond donors (Lipinski definition) is 2. The van der Waals surface area contributed by atoms with Crippen molar-refractivity contribution in [2.24, 2.45) is 0 Å². The minimum atomic E-state index is 0.884. The zero-order chi connectivity index (χ0) is 11.9. The maximum absolute atomic E-state index is 4.27. The molecule has 4 heteroatoms. The first-order valence-electron chi connectivity index (χ1n) is 6.78. The number of rotatable bonds is 6. The molecule has 0 aromatic carbocycles. The van der Waals surface area contributed by atoms with Crippen LogP contribution in [0.2, 0.25) is 0 Å². The molecule has 1 aliphatic rings. The van der Waals surface area contributed by atoms with E-state index < -0.39 is 0 Å². The second-order valence-corrected chi connectivity index (χ2v) is 4.91. The third kappa shape index (κ3) is 4.13. The summed E-state index contributed by atoms with van der Waals surface area (Å²) in [6, 6.07) is 0. The first kappa shape index (κ1) is 12.6. The van der Waals surface area contributed by atoms with E-state index in [9.17, 15) is 0 Å². The van der Waals surface area contributed by atoms with Crippen molar-refractivity contribution in [3.05, 3.63) is 17.7 Å². The lowest BCUT2D eigenvalue weighted by Gasteiger charge is -2.26. The van der Waals surface area contributed by atoms with Crippen molar-refractivity contribution in [1.29, 1.82) is 0 Å². The highest BCUT2D eigenvalue weighted by Gasteiger charge is 2.08. The predicted molar refractivity (Wildman–Crippen MR) is 69.9 cm³/mol. The maximum Gasteiger partial charge on any atom is 0.0925 e. The molecule has 0 aliphatic carbocycles. The second-order valence-electron chi connectivity index (χ2n) is 4.91. The van der Waals surface area contributed by atoms with E-state index in [0.29, 0.717) is 0 Å². The highest BCUT2D eigenvalue weighted by molar-refractivity contribution is 5.07. The van der Waals surface area contributed by atoms with Crippen molar-refractivity contribution >= 4 is 0 Å². The van der Waals surface area contributed by atoms with Crippen LogP contribution in [0.1, 0.15) is 37.1 Å². The van der Waals surface area contributed by atoms with Crippen LogP contribution in [0.4, 0.5) is 0 Å². The van der Waals surface area contributed by atoms with E-state index >= 15 is 0 Å². The number of H-pyrrole nitrogens is 1. The SMILES string of the molecule is Cc1[nH]cnc1CNCCCN1CCCCC1. The highest BCUT2D eigenvalue weighted by atomic mass is 15.1. The van der Waals surface area contributed by atoms with Crippen LogP contribution in [0.3, 0.4) is 0 Å². The third-order valence-corrected chi connectivity index (χ3v) is 3.50. The van der Waals surface area contributed by atoms with Gasteiger partial charge in [-0.3, -0.25) is 0 Å². The van der Waals surface area contributed by atoms with Crippen LogP contribution in [-0.4, -0.2) is 41.0 Å². The fourth-order valence-corrected chi connectivity index (χ4v) is 2.38. The van der Waals surface area contributed by atoms with Crippen LogP contribution in [-0.2, 0) is 6.54 Å². The van der Waals surface area contributed by atoms with Crippen molar-refractivity contribution in [3.63, 3.8) is 0 Å². The number of piperidine rings is 1. The predicted octanol–water partition coefficient (Wildman–Crippen LogP) is 1.68. The number of likely N-dealkylation sites (tertiary alicyclic amines) is 1. The quantitative estimate of drug-likeness (QED) is 0.739. The minimum Gasteiger partial charge on any atom is -0.348 e. The number of hydrogen-bond acceptors (Lipinski definition) is 3. The topological polar surface area (TPSA) is 44.0 Å². The summed E-state index contributed by atoms with van der Waals surface area (Å²) in [4.78, 5) is 9.96. The molecule has 0 saturated carbocycles. The molecule has 0 amide bonds. The molecular formula is C13H24N4. The van der Waals surface area contributed by atoms with Crippen LogP contribution >= 0.6 is 0 Å². The van der Waals surface area contributed by atoms with Crippen molar-refractivity contribution in [1.82, 2.24) is 20.2 Å². The Bertz CT molecular complexity index is 315. The smallest absolute Gasteiger partial charge is 0.0925 e. The van der Waals surface area contributed by atoms with Crippen LogP contribution in [0.15, 0.2) is 6.33 Å². The molecule has 1 fully saturated rings. The van der Waals surface area contributed by atoms with Crippen molar-refractivity contribution in [2.75, 3.05) is 26.2 Å². The Kier molecular flexibility index (Phi) is 5.01. The van der Waals surface area contributed by atoms with Gasteiger partial charge in [-0.2, -0.15) is 0 Å². The van der Waals surface area contributed by atoms with Crippen LogP contribution in [0, 0.1) is 6.92 Å². The molecule has 0 spiro atoms. The van der Waals surface area contributed by atoms with Gasteiger partial charge in [-0.05, 0) is 52.4 Å². The van der Waals surface area contributed by atoms with Gasteiger partial charge in [0.05, 0.1) is 12.0 Å². The monoisotopic (exact) mass is 236 g/mol. The number of aryl methyl sites for hydroxylation is 1. The molecule has 0 radical (unpaired) electrons. The molecule has 2 heterocycles. The normalized spacial score (nSPS) is 17.5. The van der Waals surface area contributed by atoms with Gasteiger partial charge in [-0.1, -0.05) is 6.42 Å². The summed E-state index contributed by atoms with van der Waals surface area (Å²) in [6.45, 7) is 7.89. The van der Waals surface area contributed by atoms with Gasteiger partial charge < -0.3 is 15.2 Å². The number of imidazole rings is 1. The summed E-state index contributed by atoms with van der Waals surface area (Å²) in [5, 5.41) is 3.46. The lowest BCUT2D eigenvalue weighted by atomic mass is 10.1. The lowest BCUT2D eigenvalue weighted by Crippen LogP contribution is -2.32. The van der Waals surface area contributed by atoms with E-state index in [1.165, 1.54) is 51.0 Å². The summed E-state index contributed by atoms with van der Waals surface area (Å²) < 4.78 is 0.